The van der Waals surface area contributed by atoms with Crippen LogP contribution in [0.15, 0.2) is 72.8 Å². The summed E-state index contributed by atoms with van der Waals surface area (Å²) in [4.78, 5) is 26.4. The van der Waals surface area contributed by atoms with E-state index in [1.54, 1.807) is 24.3 Å². The molecule has 0 spiro atoms. The van der Waals surface area contributed by atoms with Gasteiger partial charge in [0, 0.05) is 18.9 Å². The molecule has 0 saturated heterocycles. The number of nitrogens with zero attached hydrogens (tertiary/aromatic N) is 1. The number of ether oxygens (including phenoxy) is 2. The molecule has 3 aromatic carbocycles. The summed E-state index contributed by atoms with van der Waals surface area (Å²) in [5.74, 6) is -0.492. The van der Waals surface area contributed by atoms with Gasteiger partial charge in [0.05, 0.1) is 0 Å². The molecular formula is C28H30N2O5. The summed E-state index contributed by atoms with van der Waals surface area (Å²) < 4.78 is 11.2. The molecule has 1 aliphatic rings. The minimum atomic E-state index is -1.12. The Kier molecular flexibility index (Phi) is 7.67. The Labute approximate surface area is 205 Å². The van der Waals surface area contributed by atoms with Crippen molar-refractivity contribution in [3.63, 3.8) is 0 Å². The molecule has 1 unspecified atom stereocenters. The first-order chi connectivity index (χ1) is 16.9. The fraction of sp³-hybridized carbons (Fsp3) is 0.286. The van der Waals surface area contributed by atoms with Gasteiger partial charge in [0.15, 0.2) is 0 Å². The van der Waals surface area contributed by atoms with Crippen LogP contribution in [0.2, 0.25) is 0 Å². The molecule has 1 amide bonds. The normalized spacial score (nSPS) is 13.1. The average Bonchev–Trinajstić information content (AvgIpc) is 3.17. The van der Waals surface area contributed by atoms with Crippen LogP contribution in [0, 0.1) is 0 Å². The standard InChI is InChI=1S/C28H30N2O5/c1-30(2)15-16-34-20-13-11-19(12-14-20)17-26(27(31)32)29-28(33)35-18-25-23-9-5-3-7-21(23)22-8-4-6-10-24(22)25/h3-14,25-26H,15-18H2,1-2H3,(H,29,33)(H,31,32). The highest BCUT2D eigenvalue weighted by molar-refractivity contribution is 5.81. The Bertz CT molecular complexity index is 1130. The Balaban J connectivity index is 1.34. The molecule has 182 valence electrons. The highest BCUT2D eigenvalue weighted by Crippen LogP contribution is 2.44. The average molecular weight is 475 g/mol. The van der Waals surface area contributed by atoms with Crippen LogP contribution in [0.4, 0.5) is 4.79 Å². The molecule has 1 aliphatic carbocycles. The summed E-state index contributed by atoms with van der Waals surface area (Å²) in [5.41, 5.74) is 5.24. The van der Waals surface area contributed by atoms with E-state index in [1.807, 2.05) is 55.4 Å². The van der Waals surface area contributed by atoms with E-state index >= 15 is 0 Å². The number of likely N-dealkylation sites (N-methyl/N-ethyl adjacent to an activating group) is 1. The first-order valence-electron chi connectivity index (χ1n) is 11.6. The predicted molar refractivity (Wildman–Crippen MR) is 134 cm³/mol. The number of carboxylic acid groups (broad SMARTS) is 1. The zero-order valence-electron chi connectivity index (χ0n) is 19.9. The van der Waals surface area contributed by atoms with Crippen LogP contribution in [0.25, 0.3) is 11.1 Å². The van der Waals surface area contributed by atoms with Crippen molar-refractivity contribution < 1.29 is 24.2 Å². The molecule has 35 heavy (non-hydrogen) atoms. The zero-order valence-corrected chi connectivity index (χ0v) is 19.9. The molecule has 3 aromatic rings. The Morgan fingerprint density at radius 3 is 2.11 bits per heavy atom. The molecular weight excluding hydrogens is 444 g/mol. The van der Waals surface area contributed by atoms with E-state index in [0.717, 1.165) is 34.4 Å². The van der Waals surface area contributed by atoms with Gasteiger partial charge >= 0.3 is 12.1 Å². The number of nitrogens with one attached hydrogen (secondary N) is 1. The van der Waals surface area contributed by atoms with Crippen molar-refractivity contribution >= 4 is 12.1 Å². The molecule has 0 aliphatic heterocycles. The molecule has 0 heterocycles. The fourth-order valence-electron chi connectivity index (χ4n) is 4.29. The first kappa shape index (κ1) is 24.3. The third-order valence-corrected chi connectivity index (χ3v) is 6.10. The van der Waals surface area contributed by atoms with Gasteiger partial charge in [-0.1, -0.05) is 60.7 Å². The number of carbonyl (C=O) groups is 2. The lowest BCUT2D eigenvalue weighted by atomic mass is 9.98. The van der Waals surface area contributed by atoms with Crippen LogP contribution in [0.3, 0.4) is 0 Å². The van der Waals surface area contributed by atoms with Crippen LogP contribution >= 0.6 is 0 Å². The largest absolute Gasteiger partial charge is 0.492 e. The molecule has 7 heteroatoms. The molecule has 1 atom stereocenters. The number of rotatable bonds is 10. The van der Waals surface area contributed by atoms with Gasteiger partial charge in [-0.05, 0) is 54.0 Å². The Morgan fingerprint density at radius 2 is 1.54 bits per heavy atom. The number of fused-ring (bicyclic) bond motifs is 3. The topological polar surface area (TPSA) is 88.1 Å². The summed E-state index contributed by atoms with van der Waals surface area (Å²) in [7, 11) is 3.95. The Morgan fingerprint density at radius 1 is 0.943 bits per heavy atom. The third-order valence-electron chi connectivity index (χ3n) is 6.10. The van der Waals surface area contributed by atoms with Crippen LogP contribution in [0.1, 0.15) is 22.6 Å². The van der Waals surface area contributed by atoms with Gasteiger partial charge in [-0.3, -0.25) is 0 Å². The Hall–Kier alpha value is -3.84. The third kappa shape index (κ3) is 6.00. The van der Waals surface area contributed by atoms with E-state index in [-0.39, 0.29) is 18.9 Å². The predicted octanol–water partition coefficient (Wildman–Crippen LogP) is 4.16. The number of carboxylic acids is 1. The second kappa shape index (κ2) is 11.1. The molecule has 7 nitrogen and oxygen atoms in total. The smallest absolute Gasteiger partial charge is 0.407 e. The van der Waals surface area contributed by atoms with E-state index in [9.17, 15) is 14.7 Å². The monoisotopic (exact) mass is 474 g/mol. The molecule has 0 radical (unpaired) electrons. The lowest BCUT2D eigenvalue weighted by molar-refractivity contribution is -0.139. The van der Waals surface area contributed by atoms with Crippen molar-refractivity contribution in [1.82, 2.24) is 10.2 Å². The number of carbonyl (C=O) groups excluding carboxylic acids is 1. The second-order valence-corrected chi connectivity index (χ2v) is 8.86. The summed E-state index contributed by atoms with van der Waals surface area (Å²) >= 11 is 0. The van der Waals surface area contributed by atoms with Gasteiger partial charge in [0.1, 0.15) is 25.0 Å². The molecule has 4 rings (SSSR count). The molecule has 0 aromatic heterocycles. The van der Waals surface area contributed by atoms with Crippen molar-refractivity contribution in [2.45, 2.75) is 18.4 Å². The highest BCUT2D eigenvalue weighted by Gasteiger charge is 2.29. The lowest BCUT2D eigenvalue weighted by Crippen LogP contribution is -2.42. The number of amides is 1. The summed E-state index contributed by atoms with van der Waals surface area (Å²) in [6.45, 7) is 1.49. The van der Waals surface area contributed by atoms with Crippen molar-refractivity contribution in [2.24, 2.45) is 0 Å². The number of benzene rings is 3. The molecule has 0 saturated carbocycles. The summed E-state index contributed by atoms with van der Waals surface area (Å²) in [6, 6.07) is 22.2. The maximum absolute atomic E-state index is 12.5. The van der Waals surface area contributed by atoms with Crippen molar-refractivity contribution in [2.75, 3.05) is 33.9 Å². The van der Waals surface area contributed by atoms with Crippen LogP contribution in [0.5, 0.6) is 5.75 Å². The van der Waals surface area contributed by atoms with Crippen molar-refractivity contribution in [3.8, 4) is 16.9 Å². The highest BCUT2D eigenvalue weighted by atomic mass is 16.5. The molecule has 2 N–H and O–H groups in total. The minimum absolute atomic E-state index is 0.0866. The van der Waals surface area contributed by atoms with E-state index in [2.05, 4.69) is 17.4 Å². The number of hydrogen-bond acceptors (Lipinski definition) is 5. The quantitative estimate of drug-likeness (QED) is 0.459. The van der Waals surface area contributed by atoms with E-state index in [1.165, 1.54) is 0 Å². The minimum Gasteiger partial charge on any atom is -0.492 e. The second-order valence-electron chi connectivity index (χ2n) is 8.86. The van der Waals surface area contributed by atoms with Crippen LogP contribution < -0.4 is 10.1 Å². The summed E-state index contributed by atoms with van der Waals surface area (Å²) in [6.07, 6.45) is -0.611. The van der Waals surface area contributed by atoms with E-state index in [0.29, 0.717) is 12.4 Å². The van der Waals surface area contributed by atoms with Gasteiger partial charge in [0.2, 0.25) is 0 Å². The number of aliphatic carboxylic acids is 1. The molecule has 0 fully saturated rings. The number of hydrogen-bond donors (Lipinski definition) is 2. The van der Waals surface area contributed by atoms with Gasteiger partial charge in [0.25, 0.3) is 0 Å². The summed E-state index contributed by atoms with van der Waals surface area (Å²) in [5, 5.41) is 12.1. The van der Waals surface area contributed by atoms with E-state index < -0.39 is 18.1 Å². The van der Waals surface area contributed by atoms with Gasteiger partial charge < -0.3 is 24.8 Å². The van der Waals surface area contributed by atoms with Crippen LogP contribution in [-0.2, 0) is 16.0 Å². The maximum Gasteiger partial charge on any atom is 0.407 e. The van der Waals surface area contributed by atoms with E-state index in [4.69, 9.17) is 9.47 Å². The van der Waals surface area contributed by atoms with Crippen molar-refractivity contribution in [3.05, 3.63) is 89.5 Å². The van der Waals surface area contributed by atoms with Crippen molar-refractivity contribution in [1.29, 1.82) is 0 Å². The van der Waals surface area contributed by atoms with Gasteiger partial charge in [-0.15, -0.1) is 0 Å². The molecule has 0 bridgehead atoms. The fourth-order valence-corrected chi connectivity index (χ4v) is 4.29. The maximum atomic E-state index is 12.5. The van der Waals surface area contributed by atoms with Gasteiger partial charge in [-0.2, -0.15) is 0 Å². The number of alkyl carbamates (subject to hydrolysis) is 1. The van der Waals surface area contributed by atoms with Crippen LogP contribution in [-0.4, -0.2) is 62.0 Å². The lowest BCUT2D eigenvalue weighted by Gasteiger charge is -2.18. The zero-order chi connectivity index (χ0) is 24.8. The SMILES string of the molecule is CN(C)CCOc1ccc(CC(NC(=O)OCC2c3ccccc3-c3ccccc32)C(=O)O)cc1. The van der Waals surface area contributed by atoms with Gasteiger partial charge in [-0.25, -0.2) is 9.59 Å². The first-order valence-corrected chi connectivity index (χ1v) is 11.6.